The molecule has 1 aromatic carbocycles. The van der Waals surface area contributed by atoms with Gasteiger partial charge < -0.3 is 20.3 Å². The van der Waals surface area contributed by atoms with Gasteiger partial charge in [0, 0.05) is 50.7 Å². The second-order valence-corrected chi connectivity index (χ2v) is 7.18. The first kappa shape index (κ1) is 19.6. The number of nitrogens with zero attached hydrogens (tertiary/aromatic N) is 2. The van der Waals surface area contributed by atoms with E-state index in [1.807, 2.05) is 4.90 Å². The Morgan fingerprint density at radius 1 is 1.11 bits per heavy atom. The molecule has 2 N–H and O–H groups in total. The van der Waals surface area contributed by atoms with Crippen molar-refractivity contribution in [2.24, 2.45) is 5.92 Å². The highest BCUT2D eigenvalue weighted by Crippen LogP contribution is 2.16. The topological polar surface area (TPSA) is 73.9 Å². The molecule has 7 nitrogen and oxygen atoms in total. The number of hydrogen-bond acceptors (Lipinski definition) is 5. The van der Waals surface area contributed by atoms with Crippen LogP contribution in [0.25, 0.3) is 0 Å². The first-order valence-corrected chi connectivity index (χ1v) is 9.81. The minimum atomic E-state index is -0.0719. The lowest BCUT2D eigenvalue weighted by Gasteiger charge is -2.37. The SMILES string of the molecule is COc1ccc(C(=O)NCCN2CCN(C(=O)C3CCNCC3)CC2)cc1. The minimum absolute atomic E-state index is 0.0719. The number of carbonyl (C=O) groups is 2. The Balaban J connectivity index is 1.35. The number of ether oxygens (including phenoxy) is 1. The summed E-state index contributed by atoms with van der Waals surface area (Å²) in [4.78, 5) is 29.1. The fourth-order valence-corrected chi connectivity index (χ4v) is 3.69. The summed E-state index contributed by atoms with van der Waals surface area (Å²) >= 11 is 0. The maximum Gasteiger partial charge on any atom is 0.251 e. The molecule has 2 amide bonds. The van der Waals surface area contributed by atoms with Gasteiger partial charge >= 0.3 is 0 Å². The molecule has 2 aliphatic rings. The predicted octanol–water partition coefficient (Wildman–Crippen LogP) is 0.569. The van der Waals surface area contributed by atoms with E-state index >= 15 is 0 Å². The van der Waals surface area contributed by atoms with Crippen LogP contribution in [-0.4, -0.2) is 81.1 Å². The molecular weight excluding hydrogens is 344 g/mol. The van der Waals surface area contributed by atoms with Crippen LogP contribution < -0.4 is 15.4 Å². The summed E-state index contributed by atoms with van der Waals surface area (Å²) in [6, 6.07) is 7.10. The smallest absolute Gasteiger partial charge is 0.251 e. The largest absolute Gasteiger partial charge is 0.497 e. The average Bonchev–Trinajstić information content (AvgIpc) is 2.74. The number of rotatable bonds is 6. The highest BCUT2D eigenvalue weighted by molar-refractivity contribution is 5.94. The second kappa shape index (κ2) is 9.71. The average molecular weight is 374 g/mol. The predicted molar refractivity (Wildman–Crippen MR) is 104 cm³/mol. The fraction of sp³-hybridized carbons (Fsp3) is 0.600. The first-order valence-electron chi connectivity index (χ1n) is 9.81. The van der Waals surface area contributed by atoms with Gasteiger partial charge in [-0.05, 0) is 50.2 Å². The van der Waals surface area contributed by atoms with Crippen molar-refractivity contribution in [1.29, 1.82) is 0 Å². The van der Waals surface area contributed by atoms with E-state index in [-0.39, 0.29) is 11.8 Å². The second-order valence-electron chi connectivity index (χ2n) is 7.18. The van der Waals surface area contributed by atoms with E-state index in [1.54, 1.807) is 31.4 Å². The van der Waals surface area contributed by atoms with Gasteiger partial charge in [-0.25, -0.2) is 0 Å². The first-order chi connectivity index (χ1) is 13.2. The van der Waals surface area contributed by atoms with Gasteiger partial charge in [-0.2, -0.15) is 0 Å². The van der Waals surface area contributed by atoms with Gasteiger partial charge in [0.25, 0.3) is 5.91 Å². The molecule has 2 aliphatic heterocycles. The molecule has 0 unspecified atom stereocenters. The Labute approximate surface area is 161 Å². The van der Waals surface area contributed by atoms with Crippen molar-refractivity contribution in [3.63, 3.8) is 0 Å². The van der Waals surface area contributed by atoms with Crippen molar-refractivity contribution < 1.29 is 14.3 Å². The number of amides is 2. The van der Waals surface area contributed by atoms with Crippen LogP contribution in [0.2, 0.25) is 0 Å². The third-order valence-corrected chi connectivity index (χ3v) is 5.44. The number of piperazine rings is 1. The highest BCUT2D eigenvalue weighted by atomic mass is 16.5. The maximum atomic E-state index is 12.6. The molecule has 1 aromatic rings. The third-order valence-electron chi connectivity index (χ3n) is 5.44. The molecule has 27 heavy (non-hydrogen) atoms. The van der Waals surface area contributed by atoms with Crippen LogP contribution in [0.4, 0.5) is 0 Å². The summed E-state index contributed by atoms with van der Waals surface area (Å²) in [7, 11) is 1.61. The zero-order valence-corrected chi connectivity index (χ0v) is 16.1. The van der Waals surface area contributed by atoms with Gasteiger partial charge in [-0.3, -0.25) is 14.5 Å². The molecule has 2 saturated heterocycles. The molecular formula is C20H30N4O3. The molecule has 0 saturated carbocycles. The molecule has 0 atom stereocenters. The number of piperidine rings is 1. The molecule has 0 spiro atoms. The van der Waals surface area contributed by atoms with E-state index in [1.165, 1.54) is 0 Å². The van der Waals surface area contributed by atoms with Gasteiger partial charge in [-0.15, -0.1) is 0 Å². The summed E-state index contributed by atoms with van der Waals surface area (Å²) < 4.78 is 5.10. The van der Waals surface area contributed by atoms with Crippen molar-refractivity contribution in [2.45, 2.75) is 12.8 Å². The lowest BCUT2D eigenvalue weighted by atomic mass is 9.96. The lowest BCUT2D eigenvalue weighted by Crippen LogP contribution is -2.52. The molecule has 2 heterocycles. The maximum absolute atomic E-state index is 12.6. The molecule has 7 heteroatoms. The van der Waals surface area contributed by atoms with E-state index in [0.29, 0.717) is 18.0 Å². The minimum Gasteiger partial charge on any atom is -0.497 e. The van der Waals surface area contributed by atoms with Crippen LogP contribution in [0.5, 0.6) is 5.75 Å². The fourth-order valence-electron chi connectivity index (χ4n) is 3.69. The van der Waals surface area contributed by atoms with E-state index in [4.69, 9.17) is 4.74 Å². The molecule has 0 aliphatic carbocycles. The van der Waals surface area contributed by atoms with E-state index in [0.717, 1.165) is 64.4 Å². The molecule has 0 radical (unpaired) electrons. The zero-order valence-electron chi connectivity index (χ0n) is 16.1. The normalized spacial score (nSPS) is 18.9. The van der Waals surface area contributed by atoms with Crippen LogP contribution in [0.3, 0.4) is 0 Å². The number of carbonyl (C=O) groups excluding carboxylic acids is 2. The Morgan fingerprint density at radius 3 is 2.41 bits per heavy atom. The Kier molecular flexibility index (Phi) is 7.06. The summed E-state index contributed by atoms with van der Waals surface area (Å²) in [6.07, 6.45) is 1.91. The van der Waals surface area contributed by atoms with Gasteiger partial charge in [0.15, 0.2) is 0 Å². The van der Waals surface area contributed by atoms with Crippen molar-refractivity contribution in [1.82, 2.24) is 20.4 Å². The molecule has 3 rings (SSSR count). The Bertz CT molecular complexity index is 621. The monoisotopic (exact) mass is 374 g/mol. The van der Waals surface area contributed by atoms with E-state index in [2.05, 4.69) is 15.5 Å². The van der Waals surface area contributed by atoms with Crippen LogP contribution in [0.15, 0.2) is 24.3 Å². The number of methoxy groups -OCH3 is 1. The van der Waals surface area contributed by atoms with E-state index in [9.17, 15) is 9.59 Å². The molecule has 0 aromatic heterocycles. The van der Waals surface area contributed by atoms with Crippen LogP contribution in [0, 0.1) is 5.92 Å². The lowest BCUT2D eigenvalue weighted by molar-refractivity contribution is -0.138. The van der Waals surface area contributed by atoms with E-state index < -0.39 is 0 Å². The number of benzene rings is 1. The third kappa shape index (κ3) is 5.43. The quantitative estimate of drug-likeness (QED) is 0.762. The Morgan fingerprint density at radius 2 is 1.78 bits per heavy atom. The zero-order chi connectivity index (χ0) is 19.1. The summed E-state index contributed by atoms with van der Waals surface area (Å²) in [5.41, 5.74) is 0.633. The van der Waals surface area contributed by atoms with Crippen LogP contribution in [0.1, 0.15) is 23.2 Å². The van der Waals surface area contributed by atoms with Gasteiger partial charge in [0.05, 0.1) is 7.11 Å². The molecule has 148 valence electrons. The van der Waals surface area contributed by atoms with Gasteiger partial charge in [-0.1, -0.05) is 0 Å². The standard InChI is InChI=1S/C20H30N4O3/c1-27-18-4-2-16(3-5-18)19(25)22-10-11-23-12-14-24(15-13-23)20(26)17-6-8-21-9-7-17/h2-5,17,21H,6-15H2,1H3,(H,22,25). The number of hydrogen-bond donors (Lipinski definition) is 2. The van der Waals surface area contributed by atoms with Gasteiger partial charge in [0.2, 0.25) is 5.91 Å². The van der Waals surface area contributed by atoms with Crippen LogP contribution >= 0.6 is 0 Å². The van der Waals surface area contributed by atoms with Gasteiger partial charge in [0.1, 0.15) is 5.75 Å². The highest BCUT2D eigenvalue weighted by Gasteiger charge is 2.28. The number of nitrogens with one attached hydrogen (secondary N) is 2. The molecule has 2 fully saturated rings. The van der Waals surface area contributed by atoms with Crippen molar-refractivity contribution >= 4 is 11.8 Å². The summed E-state index contributed by atoms with van der Waals surface area (Å²) in [6.45, 7) is 6.62. The molecule has 0 bridgehead atoms. The van der Waals surface area contributed by atoms with Crippen LogP contribution in [-0.2, 0) is 4.79 Å². The van der Waals surface area contributed by atoms with Crippen molar-refractivity contribution in [3.8, 4) is 5.75 Å². The van der Waals surface area contributed by atoms with Crippen molar-refractivity contribution in [2.75, 3.05) is 59.5 Å². The summed E-state index contributed by atoms with van der Waals surface area (Å²) in [5.74, 6) is 1.19. The summed E-state index contributed by atoms with van der Waals surface area (Å²) in [5, 5.41) is 6.27. The van der Waals surface area contributed by atoms with Crippen molar-refractivity contribution in [3.05, 3.63) is 29.8 Å². The Hall–Kier alpha value is -2.12.